The lowest BCUT2D eigenvalue weighted by molar-refractivity contribution is 0.115. The Morgan fingerprint density at radius 3 is 3.07 bits per heavy atom. The molecule has 0 radical (unpaired) electrons. The van der Waals surface area contributed by atoms with Crippen molar-refractivity contribution in [3.05, 3.63) is 33.1 Å². The van der Waals surface area contributed by atoms with Crippen LogP contribution in [-0.2, 0) is 4.74 Å². The molecule has 0 saturated carbocycles. The van der Waals surface area contributed by atoms with E-state index in [1.807, 2.05) is 0 Å². The summed E-state index contributed by atoms with van der Waals surface area (Å²) in [4.78, 5) is 11.0. The molecule has 0 unspecified atom stereocenters. The van der Waals surface area contributed by atoms with Crippen LogP contribution < -0.4 is 5.32 Å². The van der Waals surface area contributed by atoms with E-state index in [0.717, 1.165) is 3.57 Å². The molecule has 80 valence electrons. The van der Waals surface area contributed by atoms with Crippen LogP contribution in [0.3, 0.4) is 0 Å². The van der Waals surface area contributed by atoms with E-state index in [-0.39, 0.29) is 11.9 Å². The molecule has 0 spiro atoms. The van der Waals surface area contributed by atoms with E-state index in [2.05, 4.69) is 27.9 Å². The number of alkyl carbamates (subject to hydrolysis) is 1. The van der Waals surface area contributed by atoms with Crippen LogP contribution in [-0.4, -0.2) is 12.7 Å². The van der Waals surface area contributed by atoms with Gasteiger partial charge in [-0.2, -0.15) is 0 Å². The largest absolute Gasteiger partial charge is 0.449 e. The average molecular weight is 321 g/mol. The maximum Gasteiger partial charge on any atom is 0.407 e. The predicted octanol–water partition coefficient (Wildman–Crippen LogP) is 2.60. The molecule has 5 heteroatoms. The Morgan fingerprint density at radius 1 is 1.53 bits per heavy atom. The van der Waals surface area contributed by atoms with Crippen LogP contribution in [0, 0.1) is 9.39 Å². The van der Waals surface area contributed by atoms with E-state index in [1.165, 1.54) is 6.07 Å². The molecule has 2 rings (SSSR count). The first-order chi connectivity index (χ1) is 7.16. The van der Waals surface area contributed by atoms with Gasteiger partial charge in [0.2, 0.25) is 0 Å². The molecule has 1 atom stereocenters. The van der Waals surface area contributed by atoms with Crippen molar-refractivity contribution in [2.24, 2.45) is 0 Å². The van der Waals surface area contributed by atoms with E-state index in [9.17, 15) is 9.18 Å². The van der Waals surface area contributed by atoms with Gasteiger partial charge in [0.05, 0.1) is 12.6 Å². The van der Waals surface area contributed by atoms with Gasteiger partial charge in [-0.25, -0.2) is 9.18 Å². The van der Waals surface area contributed by atoms with E-state index in [1.54, 1.807) is 12.1 Å². The SMILES string of the molecule is O=C1N[C@@H](c2cc(I)ccc2F)CCO1. The van der Waals surface area contributed by atoms with Gasteiger partial charge in [-0.05, 0) is 40.8 Å². The average Bonchev–Trinajstić information content (AvgIpc) is 2.22. The van der Waals surface area contributed by atoms with E-state index in [0.29, 0.717) is 18.6 Å². The van der Waals surface area contributed by atoms with Crippen LogP contribution in [0.5, 0.6) is 0 Å². The van der Waals surface area contributed by atoms with Gasteiger partial charge in [-0.15, -0.1) is 0 Å². The van der Waals surface area contributed by atoms with E-state index >= 15 is 0 Å². The summed E-state index contributed by atoms with van der Waals surface area (Å²) >= 11 is 2.11. The molecule has 3 nitrogen and oxygen atoms in total. The molecule has 0 aromatic heterocycles. The minimum Gasteiger partial charge on any atom is -0.449 e. The number of ether oxygens (including phenoxy) is 1. The Morgan fingerprint density at radius 2 is 2.33 bits per heavy atom. The normalized spacial score (nSPS) is 20.7. The van der Waals surface area contributed by atoms with Crippen molar-refractivity contribution in [2.45, 2.75) is 12.5 Å². The molecule has 0 aliphatic carbocycles. The Bertz CT molecular complexity index is 397. The molecule has 1 aliphatic heterocycles. The lowest BCUT2D eigenvalue weighted by atomic mass is 10.0. The Balaban J connectivity index is 2.27. The number of carbonyl (C=O) groups excluding carboxylic acids is 1. The summed E-state index contributed by atoms with van der Waals surface area (Å²) < 4.78 is 19.2. The first-order valence-electron chi connectivity index (χ1n) is 4.55. The second kappa shape index (κ2) is 4.34. The van der Waals surface area contributed by atoms with Gasteiger partial charge in [0, 0.05) is 15.6 Å². The van der Waals surface area contributed by atoms with Crippen molar-refractivity contribution >= 4 is 28.7 Å². The zero-order valence-corrected chi connectivity index (χ0v) is 9.95. The number of benzene rings is 1. The van der Waals surface area contributed by atoms with Crippen molar-refractivity contribution in [1.82, 2.24) is 5.32 Å². The molecule has 15 heavy (non-hydrogen) atoms. The van der Waals surface area contributed by atoms with Gasteiger partial charge in [0.15, 0.2) is 0 Å². The first-order valence-corrected chi connectivity index (χ1v) is 5.63. The lowest BCUT2D eigenvalue weighted by Gasteiger charge is -2.24. The van der Waals surface area contributed by atoms with Crippen molar-refractivity contribution in [3.63, 3.8) is 0 Å². The second-order valence-corrected chi connectivity index (χ2v) is 4.53. The van der Waals surface area contributed by atoms with Gasteiger partial charge in [0.25, 0.3) is 0 Å². The van der Waals surface area contributed by atoms with Gasteiger partial charge in [-0.3, -0.25) is 0 Å². The number of hydrogen-bond donors (Lipinski definition) is 1. The molecule has 1 aromatic carbocycles. The number of amides is 1. The highest BCUT2D eigenvalue weighted by atomic mass is 127. The predicted molar refractivity (Wildman–Crippen MR) is 61.0 cm³/mol. The van der Waals surface area contributed by atoms with E-state index in [4.69, 9.17) is 4.74 Å². The number of nitrogens with one attached hydrogen (secondary N) is 1. The first kappa shape index (κ1) is 10.7. The molecule has 1 heterocycles. The van der Waals surface area contributed by atoms with Gasteiger partial charge >= 0.3 is 6.09 Å². The summed E-state index contributed by atoms with van der Waals surface area (Å²) in [7, 11) is 0. The highest BCUT2D eigenvalue weighted by Gasteiger charge is 2.23. The third-order valence-electron chi connectivity index (χ3n) is 2.27. The Kier molecular flexibility index (Phi) is 3.08. The lowest BCUT2D eigenvalue weighted by Crippen LogP contribution is -2.35. The summed E-state index contributed by atoms with van der Waals surface area (Å²) in [5, 5.41) is 2.60. The summed E-state index contributed by atoms with van der Waals surface area (Å²) in [6.07, 6.45) is 0.118. The molecule has 1 N–H and O–H groups in total. The van der Waals surface area contributed by atoms with Crippen LogP contribution in [0.4, 0.5) is 9.18 Å². The summed E-state index contributed by atoms with van der Waals surface area (Å²) in [5.74, 6) is -0.289. The van der Waals surface area contributed by atoms with Crippen molar-refractivity contribution < 1.29 is 13.9 Å². The topological polar surface area (TPSA) is 38.3 Å². The molecule has 1 amide bonds. The van der Waals surface area contributed by atoms with Gasteiger partial charge in [0.1, 0.15) is 5.82 Å². The molecule has 1 aromatic rings. The Hall–Kier alpha value is -0.850. The van der Waals surface area contributed by atoms with Gasteiger partial charge < -0.3 is 10.1 Å². The molecule has 1 fully saturated rings. The molecular formula is C10H9FINO2. The maximum absolute atomic E-state index is 13.5. The smallest absolute Gasteiger partial charge is 0.407 e. The second-order valence-electron chi connectivity index (χ2n) is 3.29. The molecular weight excluding hydrogens is 312 g/mol. The Labute approximate surface area is 100 Å². The zero-order valence-electron chi connectivity index (χ0n) is 7.80. The fourth-order valence-electron chi connectivity index (χ4n) is 1.54. The fraction of sp³-hybridized carbons (Fsp3) is 0.300. The quantitative estimate of drug-likeness (QED) is 0.808. The monoisotopic (exact) mass is 321 g/mol. The van der Waals surface area contributed by atoms with Crippen molar-refractivity contribution in [3.8, 4) is 0 Å². The van der Waals surface area contributed by atoms with Crippen LogP contribution in [0.15, 0.2) is 18.2 Å². The third-order valence-corrected chi connectivity index (χ3v) is 2.94. The number of halogens is 2. The van der Waals surface area contributed by atoms with Crippen LogP contribution in [0.2, 0.25) is 0 Å². The highest BCUT2D eigenvalue weighted by molar-refractivity contribution is 14.1. The minimum atomic E-state index is -0.482. The summed E-state index contributed by atoms with van der Waals surface area (Å²) in [6.45, 7) is 0.335. The summed E-state index contributed by atoms with van der Waals surface area (Å²) in [5.41, 5.74) is 0.526. The molecule has 0 bridgehead atoms. The van der Waals surface area contributed by atoms with Gasteiger partial charge in [-0.1, -0.05) is 0 Å². The maximum atomic E-state index is 13.5. The minimum absolute atomic E-state index is 0.277. The summed E-state index contributed by atoms with van der Waals surface area (Å²) in [6, 6.07) is 4.58. The van der Waals surface area contributed by atoms with Crippen molar-refractivity contribution in [1.29, 1.82) is 0 Å². The molecule has 1 saturated heterocycles. The van der Waals surface area contributed by atoms with Crippen molar-refractivity contribution in [2.75, 3.05) is 6.61 Å². The number of hydrogen-bond acceptors (Lipinski definition) is 2. The third kappa shape index (κ3) is 2.39. The van der Waals surface area contributed by atoms with E-state index < -0.39 is 6.09 Å². The number of rotatable bonds is 1. The highest BCUT2D eigenvalue weighted by Crippen LogP contribution is 2.24. The number of carbonyl (C=O) groups is 1. The number of cyclic esters (lactones) is 1. The molecule has 1 aliphatic rings. The zero-order chi connectivity index (χ0) is 10.8. The standard InChI is InChI=1S/C10H9FINO2/c11-8-2-1-6(12)5-7(8)9-3-4-15-10(14)13-9/h1-2,5,9H,3-4H2,(H,13,14)/t9-/m1/s1. The van der Waals surface area contributed by atoms with Crippen LogP contribution in [0.1, 0.15) is 18.0 Å². The van der Waals surface area contributed by atoms with Crippen LogP contribution >= 0.6 is 22.6 Å². The fourth-order valence-corrected chi connectivity index (χ4v) is 2.06. The van der Waals surface area contributed by atoms with Crippen LogP contribution in [0.25, 0.3) is 0 Å².